The predicted molar refractivity (Wildman–Crippen MR) is 60.8 cm³/mol. The summed E-state index contributed by atoms with van der Waals surface area (Å²) in [5, 5.41) is 3.72. The van der Waals surface area contributed by atoms with Crippen LogP contribution in [-0.2, 0) is 0 Å². The fraction of sp³-hybridized carbons (Fsp3) is 0.182. The summed E-state index contributed by atoms with van der Waals surface area (Å²) < 4.78 is 1.58. The number of nitrogen functional groups attached to an aromatic ring is 1. The van der Waals surface area contributed by atoms with E-state index in [1.165, 1.54) is 0 Å². The predicted octanol–water partition coefficient (Wildman–Crippen LogP) is 1.80. The SMILES string of the molecule is CCNC(=O)n1ccc2cc(N)ccc21. The quantitative estimate of drug-likeness (QED) is 0.694. The van der Waals surface area contributed by atoms with Crippen molar-refractivity contribution in [2.75, 3.05) is 12.3 Å². The van der Waals surface area contributed by atoms with Crippen LogP contribution in [0.5, 0.6) is 0 Å². The summed E-state index contributed by atoms with van der Waals surface area (Å²) in [4.78, 5) is 11.6. The van der Waals surface area contributed by atoms with E-state index in [1.807, 2.05) is 25.1 Å². The standard InChI is InChI=1S/C11H13N3O/c1-2-13-11(15)14-6-5-8-7-9(12)3-4-10(8)14/h3-7H,2,12H2,1H3,(H,13,15). The van der Waals surface area contributed by atoms with E-state index in [-0.39, 0.29) is 6.03 Å². The number of benzene rings is 1. The van der Waals surface area contributed by atoms with Crippen molar-refractivity contribution in [2.45, 2.75) is 6.92 Å². The molecule has 2 rings (SSSR count). The van der Waals surface area contributed by atoms with Gasteiger partial charge < -0.3 is 11.1 Å². The Kier molecular flexibility index (Phi) is 2.33. The van der Waals surface area contributed by atoms with Crippen LogP contribution in [0.1, 0.15) is 6.92 Å². The average Bonchev–Trinajstić information content (AvgIpc) is 2.60. The Morgan fingerprint density at radius 1 is 1.47 bits per heavy atom. The van der Waals surface area contributed by atoms with Gasteiger partial charge in [-0.3, -0.25) is 4.57 Å². The highest BCUT2D eigenvalue weighted by molar-refractivity contribution is 5.92. The number of carbonyl (C=O) groups excluding carboxylic acids is 1. The molecule has 0 aliphatic carbocycles. The Labute approximate surface area is 87.7 Å². The van der Waals surface area contributed by atoms with Crippen molar-refractivity contribution in [3.05, 3.63) is 30.5 Å². The van der Waals surface area contributed by atoms with Crippen LogP contribution in [-0.4, -0.2) is 17.1 Å². The molecule has 2 aromatic rings. The number of aromatic nitrogens is 1. The van der Waals surface area contributed by atoms with Crippen molar-refractivity contribution in [3.8, 4) is 0 Å². The van der Waals surface area contributed by atoms with Crippen molar-refractivity contribution < 1.29 is 4.79 Å². The lowest BCUT2D eigenvalue weighted by atomic mass is 10.2. The summed E-state index contributed by atoms with van der Waals surface area (Å²) >= 11 is 0. The van der Waals surface area contributed by atoms with Crippen LogP contribution in [0.25, 0.3) is 10.9 Å². The summed E-state index contributed by atoms with van der Waals surface area (Å²) in [5.74, 6) is 0. The lowest BCUT2D eigenvalue weighted by Gasteiger charge is -2.04. The molecule has 78 valence electrons. The van der Waals surface area contributed by atoms with Gasteiger partial charge in [0.05, 0.1) is 5.52 Å². The minimum absolute atomic E-state index is 0.114. The number of hydrogen-bond donors (Lipinski definition) is 2. The molecule has 0 saturated carbocycles. The van der Waals surface area contributed by atoms with Gasteiger partial charge in [-0.1, -0.05) is 0 Å². The number of hydrogen-bond acceptors (Lipinski definition) is 2. The molecule has 3 N–H and O–H groups in total. The number of carbonyl (C=O) groups is 1. The van der Waals surface area contributed by atoms with E-state index in [4.69, 9.17) is 5.73 Å². The zero-order valence-corrected chi connectivity index (χ0v) is 8.53. The Morgan fingerprint density at radius 2 is 2.27 bits per heavy atom. The highest BCUT2D eigenvalue weighted by Gasteiger charge is 2.06. The molecular formula is C11H13N3O. The third-order valence-electron chi connectivity index (χ3n) is 2.26. The maximum atomic E-state index is 11.6. The van der Waals surface area contributed by atoms with Crippen molar-refractivity contribution in [2.24, 2.45) is 0 Å². The number of nitrogens with two attached hydrogens (primary N) is 1. The molecule has 1 aromatic carbocycles. The first-order valence-corrected chi connectivity index (χ1v) is 4.87. The van der Waals surface area contributed by atoms with E-state index >= 15 is 0 Å². The molecule has 0 radical (unpaired) electrons. The molecule has 0 bridgehead atoms. The normalized spacial score (nSPS) is 10.5. The van der Waals surface area contributed by atoms with Gasteiger partial charge in [-0.05, 0) is 31.2 Å². The minimum atomic E-state index is -0.114. The molecule has 0 aliphatic rings. The van der Waals surface area contributed by atoms with E-state index < -0.39 is 0 Å². The Morgan fingerprint density at radius 3 is 3.00 bits per heavy atom. The summed E-state index contributed by atoms with van der Waals surface area (Å²) in [7, 11) is 0. The van der Waals surface area contributed by atoms with Crippen LogP contribution >= 0.6 is 0 Å². The van der Waals surface area contributed by atoms with E-state index in [1.54, 1.807) is 16.8 Å². The number of nitrogens with zero attached hydrogens (tertiary/aromatic N) is 1. The van der Waals surface area contributed by atoms with Crippen molar-refractivity contribution in [3.63, 3.8) is 0 Å². The van der Waals surface area contributed by atoms with Crippen LogP contribution < -0.4 is 11.1 Å². The van der Waals surface area contributed by atoms with E-state index in [0.717, 1.165) is 10.9 Å². The molecule has 1 amide bonds. The Hall–Kier alpha value is -1.97. The van der Waals surface area contributed by atoms with Crippen molar-refractivity contribution in [1.29, 1.82) is 0 Å². The van der Waals surface area contributed by atoms with Crippen molar-refractivity contribution in [1.82, 2.24) is 9.88 Å². The Bertz CT molecular complexity index is 502. The zero-order valence-electron chi connectivity index (χ0n) is 8.53. The highest BCUT2D eigenvalue weighted by atomic mass is 16.2. The molecule has 4 nitrogen and oxygen atoms in total. The molecule has 15 heavy (non-hydrogen) atoms. The van der Waals surface area contributed by atoms with Gasteiger partial charge >= 0.3 is 6.03 Å². The monoisotopic (exact) mass is 203 g/mol. The molecule has 0 fully saturated rings. The lowest BCUT2D eigenvalue weighted by molar-refractivity contribution is 0.244. The van der Waals surface area contributed by atoms with E-state index in [9.17, 15) is 4.79 Å². The fourth-order valence-electron chi connectivity index (χ4n) is 1.57. The summed E-state index contributed by atoms with van der Waals surface area (Å²) in [6, 6.07) is 7.25. The minimum Gasteiger partial charge on any atom is -0.399 e. The van der Waals surface area contributed by atoms with Crippen LogP contribution in [0.2, 0.25) is 0 Å². The summed E-state index contributed by atoms with van der Waals surface area (Å²) in [6.45, 7) is 2.51. The van der Waals surface area contributed by atoms with Crippen LogP contribution in [0.3, 0.4) is 0 Å². The first-order chi connectivity index (χ1) is 7.22. The van der Waals surface area contributed by atoms with Gasteiger partial charge in [-0.15, -0.1) is 0 Å². The third kappa shape index (κ3) is 1.66. The van der Waals surface area contributed by atoms with Gasteiger partial charge in [0.15, 0.2) is 0 Å². The summed E-state index contributed by atoms with van der Waals surface area (Å²) in [5.41, 5.74) is 7.23. The van der Waals surface area contributed by atoms with Gasteiger partial charge in [0.25, 0.3) is 0 Å². The largest absolute Gasteiger partial charge is 0.399 e. The van der Waals surface area contributed by atoms with Gasteiger partial charge in [-0.2, -0.15) is 0 Å². The van der Waals surface area contributed by atoms with Gasteiger partial charge in [-0.25, -0.2) is 4.79 Å². The number of amides is 1. The second kappa shape index (κ2) is 3.65. The molecule has 0 saturated heterocycles. The van der Waals surface area contributed by atoms with Gasteiger partial charge in [0, 0.05) is 23.8 Å². The maximum Gasteiger partial charge on any atom is 0.326 e. The maximum absolute atomic E-state index is 11.6. The second-order valence-corrected chi connectivity index (χ2v) is 3.34. The van der Waals surface area contributed by atoms with E-state index in [2.05, 4.69) is 5.32 Å². The first-order valence-electron chi connectivity index (χ1n) is 4.87. The highest BCUT2D eigenvalue weighted by Crippen LogP contribution is 2.18. The Balaban J connectivity index is 2.49. The topological polar surface area (TPSA) is 60.0 Å². The average molecular weight is 203 g/mol. The van der Waals surface area contributed by atoms with Crippen LogP contribution in [0.15, 0.2) is 30.5 Å². The number of fused-ring (bicyclic) bond motifs is 1. The van der Waals surface area contributed by atoms with Crippen LogP contribution in [0.4, 0.5) is 10.5 Å². The molecule has 0 spiro atoms. The molecule has 1 aromatic heterocycles. The fourth-order valence-corrected chi connectivity index (χ4v) is 1.57. The lowest BCUT2D eigenvalue weighted by Crippen LogP contribution is -2.27. The smallest absolute Gasteiger partial charge is 0.326 e. The zero-order chi connectivity index (χ0) is 10.8. The molecule has 1 heterocycles. The summed E-state index contributed by atoms with van der Waals surface area (Å²) in [6.07, 6.45) is 1.75. The molecule has 4 heteroatoms. The number of nitrogens with one attached hydrogen (secondary N) is 1. The van der Waals surface area contributed by atoms with Gasteiger partial charge in [0.2, 0.25) is 0 Å². The van der Waals surface area contributed by atoms with Crippen molar-refractivity contribution >= 4 is 22.6 Å². The first kappa shape index (κ1) is 9.58. The molecule has 0 atom stereocenters. The van der Waals surface area contributed by atoms with E-state index in [0.29, 0.717) is 12.2 Å². The molecule has 0 aliphatic heterocycles. The van der Waals surface area contributed by atoms with Crippen LogP contribution in [0, 0.1) is 0 Å². The molecular weight excluding hydrogens is 190 g/mol. The van der Waals surface area contributed by atoms with Gasteiger partial charge in [0.1, 0.15) is 0 Å². The number of anilines is 1. The molecule has 0 unspecified atom stereocenters. The second-order valence-electron chi connectivity index (χ2n) is 3.34. The third-order valence-corrected chi connectivity index (χ3v) is 2.26. The number of rotatable bonds is 1.